The van der Waals surface area contributed by atoms with Crippen LogP contribution in [0.1, 0.15) is 43.1 Å². The van der Waals surface area contributed by atoms with Gasteiger partial charge in [0, 0.05) is 19.5 Å². The summed E-state index contributed by atoms with van der Waals surface area (Å²) in [5.41, 5.74) is 1.23. The van der Waals surface area contributed by atoms with Crippen molar-refractivity contribution in [1.82, 2.24) is 20.1 Å². The molecule has 0 saturated heterocycles. The second-order valence-corrected chi connectivity index (χ2v) is 4.42. The Labute approximate surface area is 101 Å². The van der Waals surface area contributed by atoms with E-state index in [0.29, 0.717) is 12.4 Å². The smallest absolute Gasteiger partial charge is 0.293 e. The molecule has 0 unspecified atom stereocenters. The fourth-order valence-corrected chi connectivity index (χ4v) is 1.97. The maximum absolute atomic E-state index is 12.1. The van der Waals surface area contributed by atoms with E-state index in [4.69, 9.17) is 0 Å². The molecule has 1 aromatic rings. The molecule has 0 saturated carbocycles. The van der Waals surface area contributed by atoms with Crippen molar-refractivity contribution >= 4 is 5.91 Å². The lowest BCUT2D eigenvalue weighted by Gasteiger charge is -2.24. The minimum Gasteiger partial charge on any atom is -0.332 e. The minimum absolute atomic E-state index is 0.0731. The monoisotopic (exact) mass is 234 g/mol. The molecule has 92 valence electrons. The fraction of sp³-hybridized carbons (Fsp3) is 0.583. The molecule has 0 radical (unpaired) electrons. The number of rotatable bonds is 3. The van der Waals surface area contributed by atoms with Crippen LogP contribution in [0.3, 0.4) is 0 Å². The first-order valence-corrected chi connectivity index (χ1v) is 6.07. The van der Waals surface area contributed by atoms with Crippen LogP contribution in [-0.2, 0) is 6.42 Å². The molecule has 0 spiro atoms. The van der Waals surface area contributed by atoms with Crippen LogP contribution in [0.25, 0.3) is 0 Å². The first-order chi connectivity index (χ1) is 8.20. The van der Waals surface area contributed by atoms with E-state index in [0.717, 1.165) is 31.6 Å². The van der Waals surface area contributed by atoms with Crippen LogP contribution in [-0.4, -0.2) is 39.1 Å². The van der Waals surface area contributed by atoms with Gasteiger partial charge in [0.1, 0.15) is 5.82 Å². The standard InChI is InChI=1S/C12H18N4O/c1-3-5-10-13-11(15-14-10)12(17)16-7-4-6-9(2)8-16/h6H,3-5,7-8H2,1-2H3,(H,13,14,15). The predicted octanol–water partition coefficient (Wildman–Crippen LogP) is 1.55. The van der Waals surface area contributed by atoms with Crippen LogP contribution in [0, 0.1) is 0 Å². The normalized spacial score (nSPS) is 15.9. The minimum atomic E-state index is -0.0731. The predicted molar refractivity (Wildman–Crippen MR) is 64.7 cm³/mol. The van der Waals surface area contributed by atoms with Crippen LogP contribution in [0.2, 0.25) is 0 Å². The van der Waals surface area contributed by atoms with Gasteiger partial charge in [0.15, 0.2) is 0 Å². The maximum atomic E-state index is 12.1. The zero-order chi connectivity index (χ0) is 12.3. The summed E-state index contributed by atoms with van der Waals surface area (Å²) >= 11 is 0. The van der Waals surface area contributed by atoms with Crippen molar-refractivity contribution in [3.8, 4) is 0 Å². The van der Waals surface area contributed by atoms with E-state index < -0.39 is 0 Å². The van der Waals surface area contributed by atoms with Gasteiger partial charge in [0.2, 0.25) is 5.82 Å². The number of H-pyrrole nitrogens is 1. The molecule has 1 amide bonds. The fourth-order valence-electron chi connectivity index (χ4n) is 1.97. The van der Waals surface area contributed by atoms with Gasteiger partial charge in [-0.1, -0.05) is 18.6 Å². The molecule has 0 fully saturated rings. The van der Waals surface area contributed by atoms with Gasteiger partial charge in [-0.05, 0) is 19.8 Å². The Hall–Kier alpha value is -1.65. The average molecular weight is 234 g/mol. The lowest BCUT2D eigenvalue weighted by Crippen LogP contribution is -2.36. The molecule has 1 aromatic heterocycles. The van der Waals surface area contributed by atoms with Gasteiger partial charge < -0.3 is 4.90 Å². The van der Waals surface area contributed by atoms with Crippen molar-refractivity contribution in [1.29, 1.82) is 0 Å². The van der Waals surface area contributed by atoms with Crippen LogP contribution < -0.4 is 0 Å². The summed E-state index contributed by atoms with van der Waals surface area (Å²) in [5.74, 6) is 1.01. The Morgan fingerprint density at radius 2 is 2.41 bits per heavy atom. The van der Waals surface area contributed by atoms with E-state index in [1.165, 1.54) is 5.57 Å². The molecule has 0 aromatic carbocycles. The third-order valence-corrected chi connectivity index (χ3v) is 2.83. The third kappa shape index (κ3) is 2.72. The number of hydrogen-bond donors (Lipinski definition) is 1. The topological polar surface area (TPSA) is 61.9 Å². The Kier molecular flexibility index (Phi) is 3.56. The summed E-state index contributed by atoms with van der Waals surface area (Å²) in [6, 6.07) is 0. The molecule has 17 heavy (non-hydrogen) atoms. The first-order valence-electron chi connectivity index (χ1n) is 6.07. The van der Waals surface area contributed by atoms with Gasteiger partial charge in [0.25, 0.3) is 5.91 Å². The second-order valence-electron chi connectivity index (χ2n) is 4.42. The van der Waals surface area contributed by atoms with Crippen molar-refractivity contribution < 1.29 is 4.79 Å². The van der Waals surface area contributed by atoms with Crippen molar-refractivity contribution in [3.05, 3.63) is 23.3 Å². The van der Waals surface area contributed by atoms with Gasteiger partial charge >= 0.3 is 0 Å². The van der Waals surface area contributed by atoms with E-state index in [1.807, 2.05) is 6.92 Å². The van der Waals surface area contributed by atoms with Crippen LogP contribution in [0.15, 0.2) is 11.6 Å². The van der Waals surface area contributed by atoms with Crippen molar-refractivity contribution in [2.75, 3.05) is 13.1 Å². The zero-order valence-corrected chi connectivity index (χ0v) is 10.4. The molecular formula is C12H18N4O. The van der Waals surface area contributed by atoms with E-state index in [-0.39, 0.29) is 5.91 Å². The largest absolute Gasteiger partial charge is 0.332 e. The molecule has 5 nitrogen and oxygen atoms in total. The van der Waals surface area contributed by atoms with Gasteiger partial charge in [0.05, 0.1) is 0 Å². The number of nitrogens with zero attached hydrogens (tertiary/aromatic N) is 3. The van der Waals surface area contributed by atoms with Gasteiger partial charge in [-0.15, -0.1) is 5.10 Å². The summed E-state index contributed by atoms with van der Waals surface area (Å²) in [5, 5.41) is 6.80. The van der Waals surface area contributed by atoms with Gasteiger partial charge in [-0.25, -0.2) is 4.98 Å². The summed E-state index contributed by atoms with van der Waals surface area (Å²) in [4.78, 5) is 18.1. The quantitative estimate of drug-likeness (QED) is 0.807. The molecule has 0 bridgehead atoms. The molecular weight excluding hydrogens is 216 g/mol. The number of aryl methyl sites for hydroxylation is 1. The molecule has 2 rings (SSSR count). The lowest BCUT2D eigenvalue weighted by molar-refractivity contribution is 0.0754. The molecule has 0 atom stereocenters. The molecule has 0 aliphatic carbocycles. The van der Waals surface area contributed by atoms with E-state index >= 15 is 0 Å². The van der Waals surface area contributed by atoms with E-state index in [1.54, 1.807) is 4.90 Å². The number of amides is 1. The van der Waals surface area contributed by atoms with E-state index in [2.05, 4.69) is 28.2 Å². The first kappa shape index (κ1) is 11.8. The number of nitrogens with one attached hydrogen (secondary N) is 1. The number of carbonyl (C=O) groups excluding carboxylic acids is 1. The van der Waals surface area contributed by atoms with Crippen LogP contribution >= 0.6 is 0 Å². The number of aromatic amines is 1. The summed E-state index contributed by atoms with van der Waals surface area (Å²) in [7, 11) is 0. The highest BCUT2D eigenvalue weighted by atomic mass is 16.2. The maximum Gasteiger partial charge on any atom is 0.293 e. The Balaban J connectivity index is 2.06. The number of hydrogen-bond acceptors (Lipinski definition) is 3. The number of carbonyl (C=O) groups is 1. The highest BCUT2D eigenvalue weighted by Gasteiger charge is 2.21. The summed E-state index contributed by atoms with van der Waals surface area (Å²) in [6.07, 6.45) is 4.92. The Morgan fingerprint density at radius 3 is 3.12 bits per heavy atom. The molecule has 1 aliphatic heterocycles. The Morgan fingerprint density at radius 1 is 1.59 bits per heavy atom. The molecule has 5 heteroatoms. The summed E-state index contributed by atoms with van der Waals surface area (Å²) < 4.78 is 0. The zero-order valence-electron chi connectivity index (χ0n) is 10.4. The highest BCUT2D eigenvalue weighted by Crippen LogP contribution is 2.11. The molecule has 2 heterocycles. The second kappa shape index (κ2) is 5.12. The lowest BCUT2D eigenvalue weighted by atomic mass is 10.1. The van der Waals surface area contributed by atoms with Crippen LogP contribution in [0.4, 0.5) is 0 Å². The number of aromatic nitrogens is 3. The van der Waals surface area contributed by atoms with E-state index in [9.17, 15) is 4.79 Å². The van der Waals surface area contributed by atoms with Gasteiger partial charge in [-0.2, -0.15) is 0 Å². The average Bonchev–Trinajstić information content (AvgIpc) is 2.77. The van der Waals surface area contributed by atoms with Gasteiger partial charge in [-0.3, -0.25) is 9.89 Å². The van der Waals surface area contributed by atoms with Crippen molar-refractivity contribution in [2.45, 2.75) is 33.1 Å². The SMILES string of the molecule is CCCc1nc(C(=O)N2CCC=C(C)C2)n[nH]1. The van der Waals surface area contributed by atoms with Crippen molar-refractivity contribution in [3.63, 3.8) is 0 Å². The highest BCUT2D eigenvalue weighted by molar-refractivity contribution is 5.90. The molecule has 1 aliphatic rings. The third-order valence-electron chi connectivity index (χ3n) is 2.83. The summed E-state index contributed by atoms with van der Waals surface area (Å²) in [6.45, 7) is 5.56. The van der Waals surface area contributed by atoms with Crippen LogP contribution in [0.5, 0.6) is 0 Å². The molecule has 1 N–H and O–H groups in total. The Bertz CT molecular complexity index is 435. The van der Waals surface area contributed by atoms with Crippen molar-refractivity contribution in [2.24, 2.45) is 0 Å².